The van der Waals surface area contributed by atoms with Gasteiger partial charge in [0.1, 0.15) is 0 Å². The van der Waals surface area contributed by atoms with E-state index in [1.54, 1.807) is 0 Å². The van der Waals surface area contributed by atoms with Crippen LogP contribution >= 0.6 is 11.8 Å². The first-order chi connectivity index (χ1) is 6.65. The van der Waals surface area contributed by atoms with Crippen LogP contribution in [0.4, 0.5) is 0 Å². The van der Waals surface area contributed by atoms with E-state index in [9.17, 15) is 0 Å². The molecule has 1 heterocycles. The van der Waals surface area contributed by atoms with Crippen molar-refractivity contribution >= 4 is 11.8 Å². The average molecular weight is 214 g/mol. The molecule has 0 aliphatic rings. The molecule has 0 amide bonds. The number of nitrogens with one attached hydrogen (secondary N) is 1. The van der Waals surface area contributed by atoms with E-state index in [1.807, 2.05) is 36.7 Å². The van der Waals surface area contributed by atoms with E-state index >= 15 is 0 Å². The fraction of sp³-hybridized carbons (Fsp3) is 0.778. The van der Waals surface area contributed by atoms with Crippen LogP contribution in [0.1, 0.15) is 25.6 Å². The molecular weight excluding hydrogens is 196 g/mol. The van der Waals surface area contributed by atoms with Gasteiger partial charge in [-0.25, -0.2) is 0 Å². The van der Waals surface area contributed by atoms with Crippen molar-refractivity contribution in [1.29, 1.82) is 0 Å². The topological polar surface area (TPSA) is 42.7 Å². The smallest absolute Gasteiger partial charge is 0.0761 e. The molecule has 14 heavy (non-hydrogen) atoms. The van der Waals surface area contributed by atoms with Gasteiger partial charge in [0, 0.05) is 12.8 Å². The molecule has 1 aromatic heterocycles. The minimum absolute atomic E-state index is 0.336. The van der Waals surface area contributed by atoms with Crippen LogP contribution in [0.25, 0.3) is 0 Å². The second-order valence-corrected chi connectivity index (χ2v) is 5.12. The summed E-state index contributed by atoms with van der Waals surface area (Å²) in [7, 11) is 3.89. The van der Waals surface area contributed by atoms with Gasteiger partial charge in [-0.15, -0.1) is 5.10 Å². The van der Waals surface area contributed by atoms with Gasteiger partial charge in [-0.1, -0.05) is 19.1 Å². The van der Waals surface area contributed by atoms with Gasteiger partial charge in [0.15, 0.2) is 0 Å². The largest absolute Gasteiger partial charge is 0.311 e. The molecule has 5 heteroatoms. The van der Waals surface area contributed by atoms with E-state index in [0.717, 1.165) is 11.4 Å². The maximum atomic E-state index is 3.93. The predicted molar refractivity (Wildman–Crippen MR) is 60.4 cm³/mol. The molecule has 0 spiro atoms. The lowest BCUT2D eigenvalue weighted by Gasteiger charge is -2.16. The fourth-order valence-corrected chi connectivity index (χ4v) is 2.13. The number of aryl methyl sites for hydroxylation is 1. The monoisotopic (exact) mass is 214 g/mol. The molecule has 1 unspecified atom stereocenters. The highest BCUT2D eigenvalue weighted by Crippen LogP contribution is 2.19. The summed E-state index contributed by atoms with van der Waals surface area (Å²) in [6.45, 7) is 4.41. The van der Waals surface area contributed by atoms with E-state index in [4.69, 9.17) is 0 Å². The molecule has 0 radical (unpaired) electrons. The molecule has 4 nitrogen and oxygen atoms in total. The third kappa shape index (κ3) is 2.99. The van der Waals surface area contributed by atoms with Crippen molar-refractivity contribution in [1.82, 2.24) is 20.3 Å². The van der Waals surface area contributed by atoms with Gasteiger partial charge in [0.25, 0.3) is 0 Å². The first kappa shape index (κ1) is 11.5. The van der Waals surface area contributed by atoms with Crippen molar-refractivity contribution in [2.45, 2.75) is 25.1 Å². The van der Waals surface area contributed by atoms with Crippen LogP contribution in [0.15, 0.2) is 6.20 Å². The normalized spacial score (nSPS) is 13.5. The lowest BCUT2D eigenvalue weighted by molar-refractivity contribution is 0.579. The molecule has 1 atom stereocenters. The van der Waals surface area contributed by atoms with Crippen LogP contribution in [0.2, 0.25) is 0 Å². The maximum Gasteiger partial charge on any atom is 0.0761 e. The third-order valence-electron chi connectivity index (χ3n) is 2.05. The van der Waals surface area contributed by atoms with Gasteiger partial charge in [0.05, 0.1) is 17.9 Å². The molecule has 0 aliphatic heterocycles. The lowest BCUT2D eigenvalue weighted by atomic mass is 10.2. The third-order valence-corrected chi connectivity index (χ3v) is 3.24. The van der Waals surface area contributed by atoms with E-state index in [-0.39, 0.29) is 0 Å². The molecule has 0 aliphatic carbocycles. The Hall–Kier alpha value is -0.550. The number of hydrogen-bond acceptors (Lipinski definition) is 4. The molecule has 0 saturated carbocycles. The highest BCUT2D eigenvalue weighted by molar-refractivity contribution is 7.99. The summed E-state index contributed by atoms with van der Waals surface area (Å²) < 4.78 is 1.82. The van der Waals surface area contributed by atoms with Gasteiger partial charge < -0.3 is 5.32 Å². The summed E-state index contributed by atoms with van der Waals surface area (Å²) in [6.07, 6.45) is 1.82. The summed E-state index contributed by atoms with van der Waals surface area (Å²) in [4.78, 5) is 0. The Morgan fingerprint density at radius 1 is 1.57 bits per heavy atom. The van der Waals surface area contributed by atoms with Gasteiger partial charge in [-0.2, -0.15) is 11.8 Å². The second kappa shape index (κ2) is 5.36. The fourth-order valence-electron chi connectivity index (χ4n) is 1.22. The quantitative estimate of drug-likeness (QED) is 0.800. The highest BCUT2D eigenvalue weighted by atomic mass is 32.2. The summed E-state index contributed by atoms with van der Waals surface area (Å²) in [6, 6.07) is 0.336. The van der Waals surface area contributed by atoms with Crippen LogP contribution in [0.5, 0.6) is 0 Å². The number of nitrogens with zero attached hydrogens (tertiary/aromatic N) is 3. The van der Waals surface area contributed by atoms with Gasteiger partial charge >= 0.3 is 0 Å². The summed E-state index contributed by atoms with van der Waals surface area (Å²) in [5.74, 6) is 1.05. The van der Waals surface area contributed by atoms with Crippen LogP contribution in [-0.4, -0.2) is 33.0 Å². The van der Waals surface area contributed by atoms with E-state index in [1.165, 1.54) is 0 Å². The zero-order valence-corrected chi connectivity index (χ0v) is 10.0. The van der Waals surface area contributed by atoms with Crippen molar-refractivity contribution in [3.05, 3.63) is 11.9 Å². The molecule has 1 rings (SSSR count). The maximum absolute atomic E-state index is 3.93. The van der Waals surface area contributed by atoms with Gasteiger partial charge in [-0.3, -0.25) is 4.68 Å². The number of hydrogen-bond donors (Lipinski definition) is 1. The summed E-state index contributed by atoms with van der Waals surface area (Å²) in [5.41, 5.74) is 1.14. The van der Waals surface area contributed by atoms with E-state index in [0.29, 0.717) is 11.3 Å². The Morgan fingerprint density at radius 3 is 2.71 bits per heavy atom. The van der Waals surface area contributed by atoms with E-state index in [2.05, 4.69) is 29.5 Å². The molecule has 0 fully saturated rings. The Bertz CT molecular complexity index is 272. The predicted octanol–water partition coefficient (Wildman–Crippen LogP) is 1.22. The molecule has 0 saturated heterocycles. The van der Waals surface area contributed by atoms with Gasteiger partial charge in [0.2, 0.25) is 0 Å². The zero-order chi connectivity index (χ0) is 10.6. The van der Waals surface area contributed by atoms with Crippen molar-refractivity contribution in [2.75, 3.05) is 12.8 Å². The Kier molecular flexibility index (Phi) is 4.41. The second-order valence-electron chi connectivity index (χ2n) is 3.51. The number of thioether (sulfide) groups is 1. The van der Waals surface area contributed by atoms with Crippen LogP contribution in [-0.2, 0) is 7.05 Å². The highest BCUT2D eigenvalue weighted by Gasteiger charge is 2.13. The van der Waals surface area contributed by atoms with Crippen LogP contribution in [0, 0.1) is 0 Å². The van der Waals surface area contributed by atoms with E-state index < -0.39 is 0 Å². The lowest BCUT2D eigenvalue weighted by Crippen LogP contribution is -2.22. The zero-order valence-electron chi connectivity index (χ0n) is 9.19. The standard InChI is InChI=1S/C9H18N4S/c1-7(2)14-6-8(10-3)9-5-11-12-13(9)4/h5,7-8,10H,6H2,1-4H3. The average Bonchev–Trinajstić information content (AvgIpc) is 2.53. The summed E-state index contributed by atoms with van der Waals surface area (Å²) in [5, 5.41) is 11.7. The first-order valence-electron chi connectivity index (χ1n) is 4.78. The van der Waals surface area contributed by atoms with Crippen molar-refractivity contribution in [2.24, 2.45) is 7.05 Å². The molecular formula is C9H18N4S. The van der Waals surface area contributed by atoms with Crippen molar-refractivity contribution < 1.29 is 0 Å². The van der Waals surface area contributed by atoms with Crippen LogP contribution < -0.4 is 5.32 Å². The Balaban J connectivity index is 2.58. The van der Waals surface area contributed by atoms with Crippen molar-refractivity contribution in [3.8, 4) is 0 Å². The molecule has 0 bridgehead atoms. The molecule has 1 N–H and O–H groups in total. The minimum Gasteiger partial charge on any atom is -0.311 e. The first-order valence-corrected chi connectivity index (χ1v) is 5.83. The number of aromatic nitrogens is 3. The molecule has 0 aromatic carbocycles. The molecule has 1 aromatic rings. The van der Waals surface area contributed by atoms with Crippen molar-refractivity contribution in [3.63, 3.8) is 0 Å². The summed E-state index contributed by atoms with van der Waals surface area (Å²) >= 11 is 1.94. The van der Waals surface area contributed by atoms with Gasteiger partial charge in [-0.05, 0) is 12.3 Å². The number of rotatable bonds is 5. The SMILES string of the molecule is CNC(CSC(C)C)c1cnnn1C. The Morgan fingerprint density at radius 2 is 2.29 bits per heavy atom. The van der Waals surface area contributed by atoms with Crippen LogP contribution in [0.3, 0.4) is 0 Å². The molecule has 80 valence electrons. The minimum atomic E-state index is 0.336. The Labute approximate surface area is 89.5 Å².